The summed E-state index contributed by atoms with van der Waals surface area (Å²) in [6.45, 7) is -0.420. The molecule has 2 N–H and O–H groups in total. The van der Waals surface area contributed by atoms with Crippen LogP contribution >= 0.6 is 0 Å². The molecule has 1 aliphatic carbocycles. The Bertz CT molecular complexity index is 823. The van der Waals surface area contributed by atoms with E-state index in [0.717, 1.165) is 0 Å². The van der Waals surface area contributed by atoms with Crippen LogP contribution in [0, 0.1) is 5.92 Å². The zero-order valence-corrected chi connectivity index (χ0v) is 13.9. The van der Waals surface area contributed by atoms with Crippen LogP contribution in [0.5, 0.6) is 5.75 Å². The fourth-order valence-electron chi connectivity index (χ4n) is 3.44. The van der Waals surface area contributed by atoms with Crippen molar-refractivity contribution >= 4 is 0 Å². The van der Waals surface area contributed by atoms with Gasteiger partial charge in [0.15, 0.2) is 0 Å². The predicted molar refractivity (Wildman–Crippen MR) is 88.2 cm³/mol. The molecule has 5 nitrogen and oxygen atoms in total. The van der Waals surface area contributed by atoms with Gasteiger partial charge in [0, 0.05) is 12.0 Å². The first-order valence-electron chi connectivity index (χ1n) is 8.39. The fourth-order valence-corrected chi connectivity index (χ4v) is 3.44. The lowest BCUT2D eigenvalue weighted by Crippen LogP contribution is -2.31. The van der Waals surface area contributed by atoms with Crippen LogP contribution in [0.25, 0.3) is 5.69 Å². The number of aromatic hydroxyl groups is 1. The third-order valence-electron chi connectivity index (χ3n) is 4.82. The second-order valence-corrected chi connectivity index (χ2v) is 6.54. The monoisotopic (exact) mass is 368 g/mol. The molecule has 1 aliphatic rings. The van der Waals surface area contributed by atoms with Gasteiger partial charge >= 0.3 is 6.18 Å². The molecule has 0 unspecified atom stereocenters. The topological polar surface area (TPSA) is 75.3 Å². The summed E-state index contributed by atoms with van der Waals surface area (Å²) in [5, 5.41) is 18.8. The van der Waals surface area contributed by atoms with Crippen molar-refractivity contribution in [2.45, 2.75) is 44.4 Å². The lowest BCUT2D eigenvalue weighted by molar-refractivity contribution is -0.182. The Morgan fingerprint density at radius 1 is 1.12 bits per heavy atom. The maximum Gasteiger partial charge on any atom is 0.391 e. The van der Waals surface area contributed by atoms with Crippen molar-refractivity contribution in [1.29, 1.82) is 0 Å². The summed E-state index contributed by atoms with van der Waals surface area (Å²) in [5.74, 6) is -1.24. The smallest absolute Gasteiger partial charge is 0.391 e. The fraction of sp³-hybridized carbons (Fsp3) is 0.444. The Morgan fingerprint density at radius 3 is 2.27 bits per heavy atom. The Hall–Kier alpha value is -2.35. The highest BCUT2D eigenvalue weighted by molar-refractivity contribution is 5.38. The number of phenolic OH excluding ortho intramolecular Hbond substituents is 1. The van der Waals surface area contributed by atoms with E-state index in [0.29, 0.717) is 11.5 Å². The second kappa shape index (κ2) is 7.11. The van der Waals surface area contributed by atoms with Crippen LogP contribution in [0.4, 0.5) is 13.2 Å². The van der Waals surface area contributed by atoms with Crippen LogP contribution in [0.3, 0.4) is 0 Å². The predicted octanol–water partition coefficient (Wildman–Crippen LogP) is 3.27. The average Bonchev–Trinajstić information content (AvgIpc) is 2.61. The highest BCUT2D eigenvalue weighted by Gasteiger charge is 2.42. The van der Waals surface area contributed by atoms with Crippen LogP contribution in [0.15, 0.2) is 35.1 Å². The van der Waals surface area contributed by atoms with Crippen LogP contribution in [-0.2, 0) is 6.61 Å². The lowest BCUT2D eigenvalue weighted by Gasteiger charge is -2.30. The number of nitrogens with zero attached hydrogens (tertiary/aromatic N) is 2. The van der Waals surface area contributed by atoms with Gasteiger partial charge in [0.05, 0.1) is 23.9 Å². The quantitative estimate of drug-likeness (QED) is 0.872. The lowest BCUT2D eigenvalue weighted by atomic mass is 9.81. The number of rotatable bonds is 3. The zero-order valence-electron chi connectivity index (χ0n) is 13.9. The molecule has 0 amide bonds. The van der Waals surface area contributed by atoms with Gasteiger partial charge in [-0.25, -0.2) is 4.98 Å². The molecule has 0 aliphatic heterocycles. The average molecular weight is 368 g/mol. The van der Waals surface area contributed by atoms with Gasteiger partial charge in [-0.1, -0.05) is 0 Å². The minimum absolute atomic E-state index is 0.0109. The minimum atomic E-state index is -4.21. The number of hydrogen-bond acceptors (Lipinski definition) is 4. The molecule has 8 heteroatoms. The largest absolute Gasteiger partial charge is 0.508 e. The van der Waals surface area contributed by atoms with E-state index in [9.17, 15) is 28.2 Å². The molecule has 2 aromatic rings. The molecule has 140 valence electrons. The minimum Gasteiger partial charge on any atom is -0.508 e. The number of aliphatic hydroxyl groups excluding tert-OH is 1. The van der Waals surface area contributed by atoms with Crippen molar-refractivity contribution in [1.82, 2.24) is 9.55 Å². The number of alkyl halides is 3. The molecule has 0 radical (unpaired) electrons. The van der Waals surface area contributed by atoms with Crippen molar-refractivity contribution in [3.8, 4) is 11.4 Å². The molecule has 1 saturated carbocycles. The van der Waals surface area contributed by atoms with Gasteiger partial charge < -0.3 is 10.2 Å². The van der Waals surface area contributed by atoms with Gasteiger partial charge in [0.1, 0.15) is 11.6 Å². The summed E-state index contributed by atoms with van der Waals surface area (Å²) in [4.78, 5) is 16.9. The zero-order chi connectivity index (χ0) is 18.9. The summed E-state index contributed by atoms with van der Waals surface area (Å²) in [6.07, 6.45) is -3.69. The van der Waals surface area contributed by atoms with E-state index in [1.807, 2.05) is 0 Å². The van der Waals surface area contributed by atoms with Gasteiger partial charge in [-0.3, -0.25) is 9.36 Å². The van der Waals surface area contributed by atoms with Crippen LogP contribution in [0.2, 0.25) is 0 Å². The third-order valence-corrected chi connectivity index (χ3v) is 4.82. The molecule has 0 bridgehead atoms. The maximum absolute atomic E-state index is 12.9. The maximum atomic E-state index is 12.9. The van der Waals surface area contributed by atoms with E-state index in [1.54, 1.807) is 12.1 Å². The van der Waals surface area contributed by atoms with Crippen molar-refractivity contribution in [2.24, 2.45) is 5.92 Å². The number of benzene rings is 1. The van der Waals surface area contributed by atoms with E-state index in [2.05, 4.69) is 4.98 Å². The summed E-state index contributed by atoms with van der Waals surface area (Å²) in [5.41, 5.74) is 0.249. The first-order valence-corrected chi connectivity index (χ1v) is 8.39. The van der Waals surface area contributed by atoms with Crippen molar-refractivity contribution in [2.75, 3.05) is 0 Å². The van der Waals surface area contributed by atoms with E-state index in [-0.39, 0.29) is 43.0 Å². The summed E-state index contributed by atoms with van der Waals surface area (Å²) >= 11 is 0. The number of aromatic nitrogens is 2. The van der Waals surface area contributed by atoms with E-state index >= 15 is 0 Å². The van der Waals surface area contributed by atoms with E-state index in [4.69, 9.17) is 0 Å². The normalized spacial score (nSPS) is 20.9. The molecule has 3 rings (SSSR count). The number of hydrogen-bond donors (Lipinski definition) is 2. The molecule has 1 fully saturated rings. The first kappa shape index (κ1) is 18.4. The molecule has 26 heavy (non-hydrogen) atoms. The highest BCUT2D eigenvalue weighted by atomic mass is 19.4. The Kier molecular flexibility index (Phi) is 5.04. The van der Waals surface area contributed by atoms with Crippen molar-refractivity contribution in [3.05, 3.63) is 52.2 Å². The van der Waals surface area contributed by atoms with Crippen LogP contribution in [-0.4, -0.2) is 25.9 Å². The molecular weight excluding hydrogens is 349 g/mol. The van der Waals surface area contributed by atoms with Crippen LogP contribution in [0.1, 0.15) is 43.1 Å². The van der Waals surface area contributed by atoms with Gasteiger partial charge in [-0.05, 0) is 49.9 Å². The molecule has 1 aromatic heterocycles. The van der Waals surface area contributed by atoms with Gasteiger partial charge in [0.2, 0.25) is 0 Å². The summed E-state index contributed by atoms with van der Waals surface area (Å²) in [6, 6.07) is 7.14. The molecule has 1 heterocycles. The van der Waals surface area contributed by atoms with Gasteiger partial charge in [0.25, 0.3) is 5.56 Å². The molecule has 0 saturated heterocycles. The molecular formula is C18H19F3N2O3. The van der Waals surface area contributed by atoms with E-state index < -0.39 is 24.3 Å². The molecule has 1 aromatic carbocycles. The van der Waals surface area contributed by atoms with Crippen LogP contribution < -0.4 is 5.56 Å². The van der Waals surface area contributed by atoms with Crippen molar-refractivity contribution in [3.63, 3.8) is 0 Å². The summed E-state index contributed by atoms with van der Waals surface area (Å²) in [7, 11) is 0. The third kappa shape index (κ3) is 3.75. The molecule has 0 spiro atoms. The Morgan fingerprint density at radius 2 is 1.73 bits per heavy atom. The summed E-state index contributed by atoms with van der Waals surface area (Å²) < 4.78 is 40.1. The number of phenols is 1. The Balaban J connectivity index is 1.99. The standard InChI is InChI=1S/C18H19F3N2O3/c19-18(20,21)12-3-1-11(2-4-12)17-22-13(10-24)9-16(26)23(17)14-5-7-15(25)8-6-14/h5-9,11-12,24-25H,1-4,10H2. The van der Waals surface area contributed by atoms with Crippen molar-refractivity contribution < 1.29 is 23.4 Å². The number of halogens is 3. The first-order chi connectivity index (χ1) is 12.3. The number of aliphatic hydroxyl groups is 1. The van der Waals surface area contributed by atoms with E-state index in [1.165, 1.54) is 22.8 Å². The highest BCUT2D eigenvalue weighted by Crippen LogP contribution is 2.42. The Labute approximate surface area is 147 Å². The van der Waals surface area contributed by atoms with Gasteiger partial charge in [-0.15, -0.1) is 0 Å². The molecule has 0 atom stereocenters. The second-order valence-electron chi connectivity index (χ2n) is 6.54. The SMILES string of the molecule is O=c1cc(CO)nc(C2CCC(C(F)(F)F)CC2)n1-c1ccc(O)cc1. The van der Waals surface area contributed by atoms with Gasteiger partial charge in [-0.2, -0.15) is 13.2 Å².